The number of rotatable bonds is 39. The molecule has 0 aromatic carbocycles. The number of phosphoric ester groups is 1. The van der Waals surface area contributed by atoms with Crippen molar-refractivity contribution in [2.75, 3.05) is 47.5 Å². The average Bonchev–Trinajstić information content (AvgIpc) is 3.14. The van der Waals surface area contributed by atoms with Crippen molar-refractivity contribution in [1.82, 2.24) is 0 Å². The van der Waals surface area contributed by atoms with Crippen LogP contribution in [-0.2, 0) is 27.9 Å². The highest BCUT2D eigenvalue weighted by Crippen LogP contribution is 2.43. The van der Waals surface area contributed by atoms with E-state index < -0.39 is 26.0 Å². The summed E-state index contributed by atoms with van der Waals surface area (Å²) in [5.74, 6) is -0.498. The van der Waals surface area contributed by atoms with Crippen molar-refractivity contribution in [2.24, 2.45) is 0 Å². The van der Waals surface area contributed by atoms with Gasteiger partial charge >= 0.3 is 13.8 Å². The standard InChI is InChI=1S/C46H82NO8P/c1-6-8-10-12-14-16-18-20-21-22-24-26-28-30-32-34-40-52-42-45(43-54-56(50,51)53-41-39-47(3,4)5)55-46(49)38-35-37-44(48)36-33-31-29-27-25-23-19-17-15-13-11-9-7-2/h15-18,23,25,29,31,33-34,36,40,44-45,48H,6-14,19-22,24,26-28,30,32,35,37-39,41-43H2,1-5H3/p+1/b17-15-,18-16-,25-23-,31-29-,36-33+,40-34+/t44-,45+/m0/s1. The van der Waals surface area contributed by atoms with Crippen LogP contribution in [0.4, 0.5) is 0 Å². The summed E-state index contributed by atoms with van der Waals surface area (Å²) < 4.78 is 34.5. The minimum Gasteiger partial charge on any atom is -0.498 e. The van der Waals surface area contributed by atoms with Crippen molar-refractivity contribution in [3.63, 3.8) is 0 Å². The number of allylic oxidation sites excluding steroid dienone is 10. The van der Waals surface area contributed by atoms with Crippen molar-refractivity contribution in [2.45, 2.75) is 167 Å². The molecule has 9 nitrogen and oxygen atoms in total. The van der Waals surface area contributed by atoms with Gasteiger partial charge in [-0.3, -0.25) is 13.8 Å². The number of aliphatic hydroxyl groups excluding tert-OH is 1. The SMILES string of the molecule is CCCCC/C=C\C/C=C\C/C=C\C=C\[C@H](O)CCCC(=O)O[C@H](CO/C=C/CCCCCCCC/C=C\CCCCCC)COP(=O)(O)OCC[N+](C)(C)C. The number of quaternary nitrogens is 1. The van der Waals surface area contributed by atoms with E-state index in [1.54, 1.807) is 12.3 Å². The Hall–Kier alpha value is -2.26. The normalized spacial score (nSPS) is 15.0. The topological polar surface area (TPSA) is 112 Å². The summed E-state index contributed by atoms with van der Waals surface area (Å²) in [5, 5.41) is 10.3. The molecule has 0 saturated carbocycles. The predicted molar refractivity (Wildman–Crippen MR) is 234 cm³/mol. The van der Waals surface area contributed by atoms with Gasteiger partial charge in [0.25, 0.3) is 0 Å². The average molecular weight is 809 g/mol. The van der Waals surface area contributed by atoms with Crippen molar-refractivity contribution >= 4 is 13.8 Å². The van der Waals surface area contributed by atoms with E-state index in [9.17, 15) is 19.4 Å². The summed E-state index contributed by atoms with van der Waals surface area (Å²) in [7, 11) is 1.50. The Bertz CT molecular complexity index is 1140. The highest BCUT2D eigenvalue weighted by atomic mass is 31.2. The van der Waals surface area contributed by atoms with Gasteiger partial charge in [-0.25, -0.2) is 4.57 Å². The Morgan fingerprint density at radius 2 is 1.20 bits per heavy atom. The molecule has 0 aromatic heterocycles. The Balaban J connectivity index is 4.53. The van der Waals surface area contributed by atoms with Crippen LogP contribution in [0.15, 0.2) is 73.1 Å². The maximum Gasteiger partial charge on any atom is 0.472 e. The molecule has 324 valence electrons. The van der Waals surface area contributed by atoms with E-state index >= 15 is 0 Å². The molecule has 0 saturated heterocycles. The van der Waals surface area contributed by atoms with Crippen LogP contribution in [0.5, 0.6) is 0 Å². The van der Waals surface area contributed by atoms with Gasteiger partial charge in [-0.15, -0.1) is 0 Å². The summed E-state index contributed by atoms with van der Waals surface area (Å²) in [5.41, 5.74) is 0. The molecule has 56 heavy (non-hydrogen) atoms. The second-order valence-corrected chi connectivity index (χ2v) is 17.1. The number of hydrogen-bond donors (Lipinski definition) is 2. The number of likely N-dealkylation sites (N-methyl/N-ethyl adjacent to an activating group) is 1. The number of aliphatic hydroxyl groups is 1. The minimum atomic E-state index is -4.35. The number of esters is 1. The summed E-state index contributed by atoms with van der Waals surface area (Å²) in [6, 6.07) is 0. The Morgan fingerprint density at radius 1 is 0.661 bits per heavy atom. The number of carbonyl (C=O) groups is 1. The van der Waals surface area contributed by atoms with Crippen LogP contribution in [-0.4, -0.2) is 80.2 Å². The van der Waals surface area contributed by atoms with Gasteiger partial charge in [-0.2, -0.15) is 0 Å². The van der Waals surface area contributed by atoms with E-state index in [2.05, 4.69) is 50.3 Å². The Labute approximate surface area is 343 Å². The van der Waals surface area contributed by atoms with Crippen molar-refractivity contribution < 1.29 is 42.4 Å². The van der Waals surface area contributed by atoms with Gasteiger partial charge in [0.05, 0.1) is 40.1 Å². The molecule has 0 spiro atoms. The molecule has 0 rings (SSSR count). The van der Waals surface area contributed by atoms with Crippen LogP contribution in [0.1, 0.15) is 155 Å². The lowest BCUT2D eigenvalue weighted by atomic mass is 10.1. The molecular weight excluding hydrogens is 725 g/mol. The number of nitrogens with zero attached hydrogens (tertiary/aromatic N) is 1. The van der Waals surface area contributed by atoms with Crippen LogP contribution in [0, 0.1) is 0 Å². The molecule has 2 N–H and O–H groups in total. The minimum absolute atomic E-state index is 0.0308. The summed E-state index contributed by atoms with van der Waals surface area (Å²) in [6.07, 6.45) is 46.3. The lowest BCUT2D eigenvalue weighted by Gasteiger charge is -2.24. The highest BCUT2D eigenvalue weighted by molar-refractivity contribution is 7.47. The number of hydrogen-bond acceptors (Lipinski definition) is 7. The van der Waals surface area contributed by atoms with E-state index in [4.69, 9.17) is 18.5 Å². The van der Waals surface area contributed by atoms with Gasteiger partial charge in [0.15, 0.2) is 6.10 Å². The van der Waals surface area contributed by atoms with Gasteiger partial charge in [0.2, 0.25) is 0 Å². The zero-order valence-corrected chi connectivity index (χ0v) is 37.1. The fourth-order valence-electron chi connectivity index (χ4n) is 5.44. The van der Waals surface area contributed by atoms with Gasteiger partial charge in [-0.1, -0.05) is 132 Å². The molecule has 0 aromatic rings. The zero-order chi connectivity index (χ0) is 41.4. The molecule has 0 amide bonds. The molecule has 10 heteroatoms. The third-order valence-electron chi connectivity index (χ3n) is 8.91. The molecule has 0 aliphatic rings. The second kappa shape index (κ2) is 38.3. The molecular formula is C46H83NO8P+. The van der Waals surface area contributed by atoms with Gasteiger partial charge in [-0.05, 0) is 83.1 Å². The largest absolute Gasteiger partial charge is 0.498 e. The first-order chi connectivity index (χ1) is 27.0. The summed E-state index contributed by atoms with van der Waals surface area (Å²) in [4.78, 5) is 22.9. The molecule has 0 aliphatic carbocycles. The third kappa shape index (κ3) is 41.4. The van der Waals surface area contributed by atoms with Crippen molar-refractivity contribution in [1.29, 1.82) is 0 Å². The number of unbranched alkanes of at least 4 members (excludes halogenated alkanes) is 14. The number of ether oxygens (including phenoxy) is 2. The summed E-state index contributed by atoms with van der Waals surface area (Å²) >= 11 is 0. The van der Waals surface area contributed by atoms with Crippen molar-refractivity contribution in [3.8, 4) is 0 Å². The van der Waals surface area contributed by atoms with E-state index in [0.717, 1.165) is 32.1 Å². The molecule has 3 atom stereocenters. The van der Waals surface area contributed by atoms with Crippen LogP contribution in [0.25, 0.3) is 0 Å². The van der Waals surface area contributed by atoms with Gasteiger partial charge in [0, 0.05) is 6.42 Å². The van der Waals surface area contributed by atoms with Crippen LogP contribution < -0.4 is 0 Å². The molecule has 0 bridgehead atoms. The van der Waals surface area contributed by atoms with Gasteiger partial charge in [0.1, 0.15) is 19.8 Å². The molecule has 0 radical (unpaired) electrons. The zero-order valence-electron chi connectivity index (χ0n) is 36.2. The Morgan fingerprint density at radius 3 is 1.84 bits per heavy atom. The lowest BCUT2D eigenvalue weighted by molar-refractivity contribution is -0.870. The molecule has 0 fully saturated rings. The Kier molecular flexibility index (Phi) is 36.7. The monoisotopic (exact) mass is 809 g/mol. The highest BCUT2D eigenvalue weighted by Gasteiger charge is 2.26. The van der Waals surface area contributed by atoms with E-state index in [1.165, 1.54) is 89.9 Å². The van der Waals surface area contributed by atoms with Crippen LogP contribution in [0.2, 0.25) is 0 Å². The molecule has 1 unspecified atom stereocenters. The molecule has 0 heterocycles. The maximum atomic E-state index is 12.7. The second-order valence-electron chi connectivity index (χ2n) is 15.6. The summed E-state index contributed by atoms with van der Waals surface area (Å²) in [6.45, 7) is 4.64. The maximum absolute atomic E-state index is 12.7. The number of carbonyl (C=O) groups excluding carboxylic acids is 1. The number of phosphoric acid groups is 1. The lowest BCUT2D eigenvalue weighted by Crippen LogP contribution is -2.37. The fourth-order valence-corrected chi connectivity index (χ4v) is 6.18. The smallest absolute Gasteiger partial charge is 0.472 e. The fraction of sp³-hybridized carbons (Fsp3) is 0.717. The van der Waals surface area contributed by atoms with E-state index in [1.807, 2.05) is 45.4 Å². The van der Waals surface area contributed by atoms with Crippen LogP contribution in [0.3, 0.4) is 0 Å². The quantitative estimate of drug-likeness (QED) is 0.0120. The van der Waals surface area contributed by atoms with Crippen molar-refractivity contribution in [3.05, 3.63) is 73.1 Å². The molecule has 0 aliphatic heterocycles. The van der Waals surface area contributed by atoms with Crippen LogP contribution >= 0.6 is 7.82 Å². The first kappa shape index (κ1) is 53.7. The van der Waals surface area contributed by atoms with E-state index in [0.29, 0.717) is 23.9 Å². The van der Waals surface area contributed by atoms with Gasteiger partial charge < -0.3 is 24.0 Å². The first-order valence-corrected chi connectivity index (χ1v) is 23.3. The third-order valence-corrected chi connectivity index (χ3v) is 9.89. The first-order valence-electron chi connectivity index (χ1n) is 21.8. The predicted octanol–water partition coefficient (Wildman–Crippen LogP) is 12.0. The van der Waals surface area contributed by atoms with E-state index in [-0.39, 0.29) is 26.2 Å².